The normalized spacial score (nSPS) is 14.8. The van der Waals surface area contributed by atoms with Crippen LogP contribution in [0.3, 0.4) is 0 Å². The first-order chi connectivity index (χ1) is 19.4. The Morgan fingerprint density at radius 3 is 2.60 bits per heavy atom. The van der Waals surface area contributed by atoms with E-state index in [1.54, 1.807) is 60.9 Å². The minimum atomic E-state index is -0.671. The molecule has 0 aliphatic carbocycles. The molecule has 3 aromatic carbocycles. The van der Waals surface area contributed by atoms with Crippen molar-refractivity contribution >= 4 is 29.1 Å². The predicted octanol–water partition coefficient (Wildman–Crippen LogP) is 4.29. The highest BCUT2D eigenvalue weighted by atomic mass is 32.1. The van der Waals surface area contributed by atoms with Crippen molar-refractivity contribution < 1.29 is 19.2 Å². The molecule has 2 heterocycles. The molecular weight excluding hydrogens is 530 g/mol. The van der Waals surface area contributed by atoms with E-state index in [0.29, 0.717) is 37.5 Å². The average molecular weight is 556 g/mol. The molecular formula is C30H25N3O6S. The van der Waals surface area contributed by atoms with Crippen LogP contribution < -0.4 is 19.6 Å². The zero-order valence-corrected chi connectivity index (χ0v) is 22.6. The number of nitro groups is 1. The topological polar surface area (TPSA) is 113 Å². The fourth-order valence-corrected chi connectivity index (χ4v) is 5.61. The minimum absolute atomic E-state index is 0.00906. The van der Waals surface area contributed by atoms with Gasteiger partial charge in [0.1, 0.15) is 12.4 Å². The fourth-order valence-electron chi connectivity index (χ4n) is 4.56. The average Bonchev–Trinajstić information content (AvgIpc) is 3.25. The van der Waals surface area contributed by atoms with E-state index >= 15 is 0 Å². The second-order valence-electron chi connectivity index (χ2n) is 8.96. The van der Waals surface area contributed by atoms with Gasteiger partial charge >= 0.3 is 5.97 Å². The van der Waals surface area contributed by atoms with Crippen molar-refractivity contribution in [2.75, 3.05) is 6.61 Å². The number of nitrogens with zero attached hydrogens (tertiary/aromatic N) is 3. The molecule has 1 aromatic heterocycles. The van der Waals surface area contributed by atoms with Crippen LogP contribution in [0.4, 0.5) is 5.69 Å². The van der Waals surface area contributed by atoms with Crippen LogP contribution in [0.2, 0.25) is 0 Å². The van der Waals surface area contributed by atoms with E-state index in [4.69, 9.17) is 9.47 Å². The van der Waals surface area contributed by atoms with Gasteiger partial charge in [-0.3, -0.25) is 19.5 Å². The molecule has 0 unspecified atom stereocenters. The van der Waals surface area contributed by atoms with E-state index in [9.17, 15) is 19.7 Å². The van der Waals surface area contributed by atoms with Gasteiger partial charge in [-0.25, -0.2) is 9.79 Å². The van der Waals surface area contributed by atoms with Crippen molar-refractivity contribution in [2.24, 2.45) is 4.99 Å². The predicted molar refractivity (Wildman–Crippen MR) is 151 cm³/mol. The number of thiazole rings is 1. The molecule has 9 nitrogen and oxygen atoms in total. The number of nitro benzene ring substituents is 1. The van der Waals surface area contributed by atoms with Crippen LogP contribution in [0.15, 0.2) is 99.9 Å². The first-order valence-electron chi connectivity index (χ1n) is 12.6. The molecule has 0 saturated carbocycles. The zero-order chi connectivity index (χ0) is 28.2. The van der Waals surface area contributed by atoms with Crippen LogP contribution in [0.5, 0.6) is 5.75 Å². The van der Waals surface area contributed by atoms with E-state index in [1.165, 1.54) is 17.4 Å². The molecule has 10 heteroatoms. The molecule has 1 aliphatic rings. The number of rotatable bonds is 8. The number of benzene rings is 3. The number of allylic oxidation sites excluding steroid dienone is 1. The standard InChI is InChI=1S/C30H25N3O6S/c1-3-38-29(35)26-19(2)31-30-32(27(26)21-11-5-4-6-12-21)28(34)25(40-30)17-20-10-9-14-23(16-20)39-18-22-13-7-8-15-24(22)33(36)37/h4-17,27H,3,18H2,1-2H3/b25-17+/t27-/m0/s1. The van der Waals surface area contributed by atoms with Crippen molar-refractivity contribution in [3.63, 3.8) is 0 Å². The summed E-state index contributed by atoms with van der Waals surface area (Å²) < 4.78 is 13.1. The summed E-state index contributed by atoms with van der Waals surface area (Å²) in [5.74, 6) is -0.00216. The van der Waals surface area contributed by atoms with Gasteiger partial charge in [-0.15, -0.1) is 0 Å². The van der Waals surface area contributed by atoms with Crippen LogP contribution in [-0.4, -0.2) is 22.1 Å². The quantitative estimate of drug-likeness (QED) is 0.182. The first kappa shape index (κ1) is 26.8. The van der Waals surface area contributed by atoms with Gasteiger partial charge in [-0.05, 0) is 49.2 Å². The SMILES string of the molecule is CCOC(=O)C1=C(C)N=c2s/c(=C/c3cccc(OCc4ccccc4[N+](=O)[O-])c3)c(=O)n2[C@H]1c1ccccc1. The van der Waals surface area contributed by atoms with Gasteiger partial charge in [-0.1, -0.05) is 65.9 Å². The largest absolute Gasteiger partial charge is 0.489 e. The van der Waals surface area contributed by atoms with Gasteiger partial charge in [0, 0.05) is 6.07 Å². The summed E-state index contributed by atoms with van der Waals surface area (Å²) in [6.45, 7) is 3.71. The van der Waals surface area contributed by atoms with Gasteiger partial charge in [0.2, 0.25) is 0 Å². The molecule has 4 aromatic rings. The third-order valence-electron chi connectivity index (χ3n) is 6.37. The number of aromatic nitrogens is 1. The van der Waals surface area contributed by atoms with Crippen molar-refractivity contribution in [3.8, 4) is 5.75 Å². The molecule has 5 rings (SSSR count). The van der Waals surface area contributed by atoms with Crippen LogP contribution in [0.1, 0.15) is 36.6 Å². The smallest absolute Gasteiger partial charge is 0.338 e. The van der Waals surface area contributed by atoms with Crippen LogP contribution in [0, 0.1) is 10.1 Å². The Kier molecular flexibility index (Phi) is 7.70. The van der Waals surface area contributed by atoms with E-state index in [-0.39, 0.29) is 24.5 Å². The number of carbonyl (C=O) groups is 1. The van der Waals surface area contributed by atoms with Crippen LogP contribution in [-0.2, 0) is 16.1 Å². The van der Waals surface area contributed by atoms with Gasteiger partial charge in [0.15, 0.2) is 4.80 Å². The zero-order valence-electron chi connectivity index (χ0n) is 21.8. The molecule has 0 radical (unpaired) electrons. The Morgan fingerprint density at radius 2 is 1.85 bits per heavy atom. The number of hydrogen-bond donors (Lipinski definition) is 0. The Hall–Kier alpha value is -4.83. The number of fused-ring (bicyclic) bond motifs is 1. The molecule has 1 aliphatic heterocycles. The van der Waals surface area contributed by atoms with Crippen LogP contribution in [0.25, 0.3) is 6.08 Å². The van der Waals surface area contributed by atoms with E-state index < -0.39 is 16.9 Å². The lowest BCUT2D eigenvalue weighted by molar-refractivity contribution is -0.385. The second-order valence-corrected chi connectivity index (χ2v) is 9.97. The Labute approximate surface area is 233 Å². The maximum atomic E-state index is 13.7. The summed E-state index contributed by atoms with van der Waals surface area (Å²) in [4.78, 5) is 42.7. The molecule has 0 fully saturated rings. The summed E-state index contributed by atoms with van der Waals surface area (Å²) in [6, 6.07) is 22.2. The summed E-state index contributed by atoms with van der Waals surface area (Å²) in [6.07, 6.45) is 1.74. The number of hydrogen-bond acceptors (Lipinski definition) is 8. The van der Waals surface area contributed by atoms with Gasteiger partial charge < -0.3 is 9.47 Å². The highest BCUT2D eigenvalue weighted by molar-refractivity contribution is 7.07. The van der Waals surface area contributed by atoms with Crippen LogP contribution >= 0.6 is 11.3 Å². The molecule has 0 bridgehead atoms. The number of carbonyl (C=O) groups excluding carboxylic acids is 1. The summed E-state index contributed by atoms with van der Waals surface area (Å²) in [5.41, 5.74) is 2.49. The minimum Gasteiger partial charge on any atom is -0.489 e. The molecule has 1 atom stereocenters. The molecule has 0 N–H and O–H groups in total. The van der Waals surface area contributed by atoms with Gasteiger partial charge in [0.25, 0.3) is 11.2 Å². The Bertz CT molecular complexity index is 1810. The number of esters is 1. The maximum absolute atomic E-state index is 13.7. The third-order valence-corrected chi connectivity index (χ3v) is 7.35. The molecule has 0 amide bonds. The summed E-state index contributed by atoms with van der Waals surface area (Å²) in [5, 5.41) is 11.3. The lowest BCUT2D eigenvalue weighted by Gasteiger charge is -2.24. The third kappa shape index (κ3) is 5.34. The molecule has 0 saturated heterocycles. The molecule has 40 heavy (non-hydrogen) atoms. The highest BCUT2D eigenvalue weighted by Gasteiger charge is 2.33. The van der Waals surface area contributed by atoms with Gasteiger partial charge in [-0.2, -0.15) is 0 Å². The van der Waals surface area contributed by atoms with Gasteiger partial charge in [0.05, 0.1) is 38.9 Å². The van der Waals surface area contributed by atoms with Crippen molar-refractivity contribution in [1.29, 1.82) is 0 Å². The lowest BCUT2D eigenvalue weighted by Crippen LogP contribution is -2.39. The van der Waals surface area contributed by atoms with E-state index in [0.717, 1.165) is 5.56 Å². The second kappa shape index (κ2) is 11.5. The molecule has 0 spiro atoms. The van der Waals surface area contributed by atoms with E-state index in [2.05, 4.69) is 4.99 Å². The fraction of sp³-hybridized carbons (Fsp3) is 0.167. The Morgan fingerprint density at radius 1 is 1.10 bits per heavy atom. The highest BCUT2D eigenvalue weighted by Crippen LogP contribution is 2.30. The maximum Gasteiger partial charge on any atom is 0.338 e. The lowest BCUT2D eigenvalue weighted by atomic mass is 9.96. The summed E-state index contributed by atoms with van der Waals surface area (Å²) in [7, 11) is 0. The first-order valence-corrected chi connectivity index (χ1v) is 13.4. The van der Waals surface area contributed by atoms with Crippen molar-refractivity contribution in [3.05, 3.63) is 137 Å². The Balaban J connectivity index is 1.52. The monoisotopic (exact) mass is 555 g/mol. The molecule has 202 valence electrons. The van der Waals surface area contributed by atoms with Crippen molar-refractivity contribution in [1.82, 2.24) is 4.57 Å². The summed E-state index contributed by atoms with van der Waals surface area (Å²) >= 11 is 1.23. The van der Waals surface area contributed by atoms with E-state index in [1.807, 2.05) is 36.4 Å². The number of para-hydroxylation sites is 1. The van der Waals surface area contributed by atoms with Crippen molar-refractivity contribution in [2.45, 2.75) is 26.5 Å². The number of ether oxygens (including phenoxy) is 2.